The highest BCUT2D eigenvalue weighted by Gasteiger charge is 2.12. The first-order valence-electron chi connectivity index (χ1n) is 6.26. The molecule has 3 rings (SSSR count). The highest BCUT2D eigenvalue weighted by Crippen LogP contribution is 2.24. The molecule has 0 atom stereocenters. The van der Waals surface area contributed by atoms with Crippen LogP contribution in [0.2, 0.25) is 5.02 Å². The summed E-state index contributed by atoms with van der Waals surface area (Å²) >= 11 is 6.05. The van der Waals surface area contributed by atoms with Crippen LogP contribution in [-0.4, -0.2) is 10.9 Å². The van der Waals surface area contributed by atoms with Crippen molar-refractivity contribution in [3.63, 3.8) is 0 Å². The van der Waals surface area contributed by atoms with E-state index in [2.05, 4.69) is 10.3 Å². The lowest BCUT2D eigenvalue weighted by Crippen LogP contribution is -2.12. The van der Waals surface area contributed by atoms with E-state index in [0.29, 0.717) is 21.8 Å². The number of fused-ring (bicyclic) bond motifs is 1. The molecule has 2 aromatic carbocycles. The fraction of sp³-hybridized carbons (Fsp3) is 0. The molecule has 0 saturated heterocycles. The molecule has 1 aromatic heterocycles. The second-order valence-corrected chi connectivity index (χ2v) is 4.92. The molecule has 0 radical (unpaired) electrons. The zero-order valence-electron chi connectivity index (χ0n) is 10.9. The lowest BCUT2D eigenvalue weighted by atomic mass is 10.1. The maximum absolute atomic E-state index is 12.4. The van der Waals surface area contributed by atoms with Crippen LogP contribution in [0.4, 0.5) is 5.69 Å². The molecule has 0 spiro atoms. The number of para-hydroxylation sites is 1. The number of anilines is 1. The van der Waals surface area contributed by atoms with Gasteiger partial charge in [0.25, 0.3) is 5.91 Å². The van der Waals surface area contributed by atoms with Gasteiger partial charge in [-0.15, -0.1) is 0 Å². The number of amides is 1. The van der Waals surface area contributed by atoms with Gasteiger partial charge in [0.1, 0.15) is 0 Å². The fourth-order valence-corrected chi connectivity index (χ4v) is 2.32. The van der Waals surface area contributed by atoms with Crippen molar-refractivity contribution in [1.82, 2.24) is 4.98 Å². The Morgan fingerprint density at radius 2 is 2.10 bits per heavy atom. The van der Waals surface area contributed by atoms with Crippen LogP contribution >= 0.6 is 11.6 Å². The second kappa shape index (κ2) is 5.31. The maximum atomic E-state index is 12.4. The number of hydrogen-bond donors (Lipinski definition) is 2. The van der Waals surface area contributed by atoms with Crippen LogP contribution in [-0.2, 0) is 0 Å². The standard InChI is InChI=1S/C16H10ClN3O/c17-13-5-4-10(9-18)8-14(13)20-16(21)12-3-1-2-11-6-7-19-15(11)12/h1-8,19H,(H,20,21). The van der Waals surface area contributed by atoms with Crippen molar-refractivity contribution in [3.05, 3.63) is 64.8 Å². The number of benzene rings is 2. The average Bonchev–Trinajstić information content (AvgIpc) is 2.97. The Morgan fingerprint density at radius 1 is 1.24 bits per heavy atom. The van der Waals surface area contributed by atoms with Gasteiger partial charge >= 0.3 is 0 Å². The van der Waals surface area contributed by atoms with Crippen molar-refractivity contribution in [1.29, 1.82) is 5.26 Å². The van der Waals surface area contributed by atoms with E-state index in [4.69, 9.17) is 16.9 Å². The van der Waals surface area contributed by atoms with Gasteiger partial charge in [0.15, 0.2) is 0 Å². The summed E-state index contributed by atoms with van der Waals surface area (Å²) in [5.41, 5.74) is 2.15. The van der Waals surface area contributed by atoms with E-state index in [9.17, 15) is 4.79 Å². The van der Waals surface area contributed by atoms with Crippen molar-refractivity contribution in [2.24, 2.45) is 0 Å². The molecule has 5 heteroatoms. The van der Waals surface area contributed by atoms with Crippen LogP contribution in [0, 0.1) is 11.3 Å². The van der Waals surface area contributed by atoms with E-state index in [0.717, 1.165) is 10.9 Å². The van der Waals surface area contributed by atoms with Gasteiger partial charge in [0, 0.05) is 11.6 Å². The molecular weight excluding hydrogens is 286 g/mol. The molecule has 1 heterocycles. The second-order valence-electron chi connectivity index (χ2n) is 4.51. The molecule has 0 bridgehead atoms. The summed E-state index contributed by atoms with van der Waals surface area (Å²) < 4.78 is 0. The SMILES string of the molecule is N#Cc1ccc(Cl)c(NC(=O)c2cccc3cc[nH]c23)c1. The smallest absolute Gasteiger partial charge is 0.257 e. The number of hydrogen-bond acceptors (Lipinski definition) is 2. The molecular formula is C16H10ClN3O. The molecule has 0 aliphatic carbocycles. The average molecular weight is 296 g/mol. The summed E-state index contributed by atoms with van der Waals surface area (Å²) in [5.74, 6) is -0.278. The maximum Gasteiger partial charge on any atom is 0.257 e. The Morgan fingerprint density at radius 3 is 2.90 bits per heavy atom. The van der Waals surface area contributed by atoms with E-state index in [1.807, 2.05) is 24.3 Å². The number of nitrogens with one attached hydrogen (secondary N) is 2. The van der Waals surface area contributed by atoms with E-state index < -0.39 is 0 Å². The number of aromatic amines is 1. The van der Waals surface area contributed by atoms with Crippen LogP contribution in [0.1, 0.15) is 15.9 Å². The number of rotatable bonds is 2. The largest absolute Gasteiger partial charge is 0.361 e. The van der Waals surface area contributed by atoms with E-state index in [1.54, 1.807) is 30.5 Å². The monoisotopic (exact) mass is 295 g/mol. The molecule has 3 aromatic rings. The lowest BCUT2D eigenvalue weighted by Gasteiger charge is -2.08. The van der Waals surface area contributed by atoms with Crippen molar-refractivity contribution in [2.75, 3.05) is 5.32 Å². The van der Waals surface area contributed by atoms with Gasteiger partial charge in [-0.25, -0.2) is 0 Å². The first-order chi connectivity index (χ1) is 10.2. The third-order valence-corrected chi connectivity index (χ3v) is 3.51. The molecule has 21 heavy (non-hydrogen) atoms. The highest BCUT2D eigenvalue weighted by molar-refractivity contribution is 6.34. The first-order valence-corrected chi connectivity index (χ1v) is 6.64. The lowest BCUT2D eigenvalue weighted by molar-refractivity contribution is 0.102. The number of halogens is 1. The molecule has 0 fully saturated rings. The van der Waals surface area contributed by atoms with Gasteiger partial charge in [-0.05, 0) is 30.3 Å². The highest BCUT2D eigenvalue weighted by atomic mass is 35.5. The molecule has 102 valence electrons. The Kier molecular flexibility index (Phi) is 3.35. The van der Waals surface area contributed by atoms with Gasteiger partial charge in [-0.2, -0.15) is 5.26 Å². The molecule has 0 saturated carbocycles. The minimum absolute atomic E-state index is 0.278. The Balaban J connectivity index is 1.97. The third kappa shape index (κ3) is 2.47. The number of aromatic nitrogens is 1. The van der Waals surface area contributed by atoms with E-state index in [1.165, 1.54) is 0 Å². The zero-order chi connectivity index (χ0) is 14.8. The normalized spacial score (nSPS) is 10.3. The number of carbonyl (C=O) groups excluding carboxylic acids is 1. The molecule has 0 aliphatic rings. The summed E-state index contributed by atoms with van der Waals surface area (Å²) in [4.78, 5) is 15.5. The topological polar surface area (TPSA) is 68.7 Å². The van der Waals surface area contributed by atoms with Crippen LogP contribution in [0.15, 0.2) is 48.7 Å². The molecule has 0 aliphatic heterocycles. The number of carbonyl (C=O) groups is 1. The molecule has 1 amide bonds. The van der Waals surface area contributed by atoms with E-state index >= 15 is 0 Å². The summed E-state index contributed by atoms with van der Waals surface area (Å²) in [7, 11) is 0. The number of H-pyrrole nitrogens is 1. The quantitative estimate of drug-likeness (QED) is 0.751. The van der Waals surface area contributed by atoms with Crippen molar-refractivity contribution >= 4 is 34.1 Å². The van der Waals surface area contributed by atoms with Gasteiger partial charge in [-0.3, -0.25) is 4.79 Å². The fourth-order valence-electron chi connectivity index (χ4n) is 2.15. The summed E-state index contributed by atoms with van der Waals surface area (Å²) in [6.07, 6.45) is 1.78. The zero-order valence-corrected chi connectivity index (χ0v) is 11.6. The van der Waals surface area contributed by atoms with Crippen molar-refractivity contribution in [3.8, 4) is 6.07 Å². The van der Waals surface area contributed by atoms with Crippen LogP contribution in [0.25, 0.3) is 10.9 Å². The first kappa shape index (κ1) is 13.2. The summed E-state index contributed by atoms with van der Waals surface area (Å²) in [5, 5.41) is 13.0. The molecule has 2 N–H and O–H groups in total. The van der Waals surface area contributed by atoms with Gasteiger partial charge < -0.3 is 10.3 Å². The predicted molar refractivity (Wildman–Crippen MR) is 82.4 cm³/mol. The minimum atomic E-state index is -0.278. The van der Waals surface area contributed by atoms with Gasteiger partial charge in [0.05, 0.1) is 33.4 Å². The summed E-state index contributed by atoms with van der Waals surface area (Å²) in [6, 6.07) is 14.1. The number of nitriles is 1. The van der Waals surface area contributed by atoms with E-state index in [-0.39, 0.29) is 5.91 Å². The van der Waals surface area contributed by atoms with Crippen LogP contribution < -0.4 is 5.32 Å². The van der Waals surface area contributed by atoms with Gasteiger partial charge in [-0.1, -0.05) is 23.7 Å². The van der Waals surface area contributed by atoms with Crippen LogP contribution in [0.3, 0.4) is 0 Å². The van der Waals surface area contributed by atoms with Crippen molar-refractivity contribution in [2.45, 2.75) is 0 Å². The Labute approximate surface area is 126 Å². The van der Waals surface area contributed by atoms with Crippen LogP contribution in [0.5, 0.6) is 0 Å². The molecule has 4 nitrogen and oxygen atoms in total. The Bertz CT molecular complexity index is 877. The predicted octanol–water partition coefficient (Wildman–Crippen LogP) is 3.95. The third-order valence-electron chi connectivity index (χ3n) is 3.18. The molecule has 0 unspecified atom stereocenters. The Hall–Kier alpha value is -2.77. The van der Waals surface area contributed by atoms with Gasteiger partial charge in [0.2, 0.25) is 0 Å². The minimum Gasteiger partial charge on any atom is -0.361 e. The number of nitrogens with zero attached hydrogens (tertiary/aromatic N) is 1. The summed E-state index contributed by atoms with van der Waals surface area (Å²) in [6.45, 7) is 0. The van der Waals surface area contributed by atoms with Crippen molar-refractivity contribution < 1.29 is 4.79 Å².